The maximum absolute atomic E-state index is 12.4. The van der Waals surface area contributed by atoms with Crippen LogP contribution in [0.1, 0.15) is 33.1 Å². The summed E-state index contributed by atoms with van der Waals surface area (Å²) in [5.74, 6) is -4.02. The third kappa shape index (κ3) is 6.18. The van der Waals surface area contributed by atoms with Gasteiger partial charge in [-0.2, -0.15) is 8.78 Å². The van der Waals surface area contributed by atoms with Crippen LogP contribution in [-0.4, -0.2) is 31.4 Å². The van der Waals surface area contributed by atoms with Crippen LogP contribution in [0.4, 0.5) is 17.6 Å². The highest BCUT2D eigenvalue weighted by molar-refractivity contribution is 5.82. The predicted octanol–water partition coefficient (Wildman–Crippen LogP) is 3.04. The Morgan fingerprint density at radius 3 is 2.28 bits per heavy atom. The van der Waals surface area contributed by atoms with Gasteiger partial charge in [-0.1, -0.05) is 20.3 Å². The molecule has 108 valence electrons. The zero-order valence-corrected chi connectivity index (χ0v) is 10.6. The molecule has 0 heterocycles. The van der Waals surface area contributed by atoms with Gasteiger partial charge in [-0.15, -0.1) is 0 Å². The van der Waals surface area contributed by atoms with Gasteiger partial charge >= 0.3 is 12.3 Å². The number of nitrogens with two attached hydrogens (primary N) is 1. The van der Waals surface area contributed by atoms with E-state index in [1.807, 2.05) is 0 Å². The number of alkyl halides is 4. The van der Waals surface area contributed by atoms with Crippen molar-refractivity contribution in [3.63, 3.8) is 0 Å². The fourth-order valence-corrected chi connectivity index (χ4v) is 1.18. The van der Waals surface area contributed by atoms with E-state index in [0.29, 0.717) is 19.3 Å². The molecule has 0 unspecified atom stereocenters. The highest BCUT2D eigenvalue weighted by atomic mass is 19.3. The van der Waals surface area contributed by atoms with Crippen LogP contribution in [0.3, 0.4) is 0 Å². The lowest BCUT2D eigenvalue weighted by Gasteiger charge is -2.22. The Labute approximate surface area is 104 Å². The second-order valence-electron chi connectivity index (χ2n) is 4.87. The topological polar surface area (TPSA) is 59.1 Å². The molecule has 0 aromatic carbocycles. The molecule has 0 radical (unpaired) electrons. The Kier molecular flexibility index (Phi) is 6.59. The largest absolute Gasteiger partial charge is 0.387 e. The Balaban J connectivity index is 3.68. The first-order chi connectivity index (χ1) is 8.09. The molecule has 0 amide bonds. The highest BCUT2D eigenvalue weighted by Crippen LogP contribution is 2.24. The van der Waals surface area contributed by atoms with Gasteiger partial charge < -0.3 is 10.5 Å². The van der Waals surface area contributed by atoms with Gasteiger partial charge in [0.05, 0.1) is 5.84 Å². The highest BCUT2D eigenvalue weighted by Gasteiger charge is 2.40. The summed E-state index contributed by atoms with van der Waals surface area (Å²) in [6.07, 6.45) is -1.98. The summed E-state index contributed by atoms with van der Waals surface area (Å²) in [6.45, 7) is 2.35. The molecular formula is C11H20F4N2O. The van der Waals surface area contributed by atoms with Crippen LogP contribution in [-0.2, 0) is 4.74 Å². The van der Waals surface area contributed by atoms with Crippen molar-refractivity contribution in [2.45, 2.75) is 45.5 Å². The van der Waals surface area contributed by atoms with Crippen molar-refractivity contribution in [3.05, 3.63) is 0 Å². The molecule has 0 aromatic heterocycles. The molecule has 0 atom stereocenters. The van der Waals surface area contributed by atoms with E-state index >= 15 is 0 Å². The smallest absolute Gasteiger partial charge is 0.330 e. The summed E-state index contributed by atoms with van der Waals surface area (Å²) in [5.41, 5.74) is 4.93. The van der Waals surface area contributed by atoms with Gasteiger partial charge in [-0.25, -0.2) is 8.78 Å². The number of nitrogens with one attached hydrogen (secondary N) is 1. The lowest BCUT2D eigenvalue weighted by Crippen LogP contribution is -2.32. The molecule has 0 spiro atoms. The van der Waals surface area contributed by atoms with Gasteiger partial charge in [-0.3, -0.25) is 5.41 Å². The van der Waals surface area contributed by atoms with Crippen molar-refractivity contribution in [2.75, 3.05) is 13.2 Å². The third-order valence-corrected chi connectivity index (χ3v) is 2.68. The molecule has 0 saturated carbocycles. The molecule has 7 heteroatoms. The van der Waals surface area contributed by atoms with Crippen LogP contribution >= 0.6 is 0 Å². The molecule has 3 N–H and O–H groups in total. The van der Waals surface area contributed by atoms with Crippen molar-refractivity contribution in [1.29, 1.82) is 5.41 Å². The Morgan fingerprint density at radius 2 is 1.83 bits per heavy atom. The van der Waals surface area contributed by atoms with Crippen LogP contribution in [0.25, 0.3) is 0 Å². The van der Waals surface area contributed by atoms with E-state index in [2.05, 4.69) is 4.74 Å². The van der Waals surface area contributed by atoms with E-state index in [-0.39, 0.29) is 12.4 Å². The maximum atomic E-state index is 12.4. The molecule has 0 saturated heterocycles. The van der Waals surface area contributed by atoms with E-state index in [4.69, 9.17) is 11.1 Å². The lowest BCUT2D eigenvalue weighted by molar-refractivity contribution is -0.165. The minimum absolute atomic E-state index is 0.00368. The van der Waals surface area contributed by atoms with Crippen molar-refractivity contribution < 1.29 is 22.3 Å². The van der Waals surface area contributed by atoms with E-state index in [1.54, 1.807) is 13.8 Å². The van der Waals surface area contributed by atoms with Gasteiger partial charge in [0.15, 0.2) is 0 Å². The minimum Gasteiger partial charge on any atom is -0.387 e. The number of hydrogen-bond donors (Lipinski definition) is 2. The van der Waals surface area contributed by atoms with E-state index in [0.717, 1.165) is 0 Å². The van der Waals surface area contributed by atoms with Gasteiger partial charge in [-0.05, 0) is 12.8 Å². The number of unbranched alkanes of at least 4 members (excludes halogenated alkanes) is 1. The number of ether oxygens (including phenoxy) is 1. The zero-order valence-electron chi connectivity index (χ0n) is 10.6. The summed E-state index contributed by atoms with van der Waals surface area (Å²) in [5, 5.41) is 7.31. The van der Waals surface area contributed by atoms with Crippen molar-refractivity contribution >= 4 is 5.84 Å². The standard InChI is InChI=1S/C11H20F4N2O/c1-10(2,9(16)17)5-3-4-6-18-7-11(14,15)8(12)13/h8H,3-7H2,1-2H3,(H3,16,17). The fourth-order valence-electron chi connectivity index (χ4n) is 1.18. The maximum Gasteiger partial charge on any atom is 0.330 e. The first-order valence-electron chi connectivity index (χ1n) is 5.68. The second-order valence-corrected chi connectivity index (χ2v) is 4.87. The van der Waals surface area contributed by atoms with Crippen molar-refractivity contribution in [2.24, 2.45) is 11.1 Å². The van der Waals surface area contributed by atoms with Gasteiger partial charge in [0.1, 0.15) is 6.61 Å². The average Bonchev–Trinajstić information content (AvgIpc) is 2.22. The molecular weight excluding hydrogens is 252 g/mol. The van der Waals surface area contributed by atoms with Gasteiger partial charge in [0, 0.05) is 12.0 Å². The summed E-state index contributed by atoms with van der Waals surface area (Å²) in [6, 6.07) is 0. The summed E-state index contributed by atoms with van der Waals surface area (Å²) in [4.78, 5) is 0. The molecule has 0 aromatic rings. The van der Waals surface area contributed by atoms with Crippen LogP contribution < -0.4 is 5.73 Å². The fraction of sp³-hybridized carbons (Fsp3) is 0.909. The number of hydrogen-bond acceptors (Lipinski definition) is 2. The first kappa shape index (κ1) is 17.2. The van der Waals surface area contributed by atoms with Crippen molar-refractivity contribution in [1.82, 2.24) is 0 Å². The number of rotatable bonds is 9. The molecule has 3 nitrogen and oxygen atoms in total. The molecule has 0 aliphatic heterocycles. The average molecular weight is 272 g/mol. The lowest BCUT2D eigenvalue weighted by atomic mass is 9.86. The number of amidine groups is 1. The Bertz CT molecular complexity index is 270. The Morgan fingerprint density at radius 1 is 1.28 bits per heavy atom. The number of halogens is 4. The molecule has 0 rings (SSSR count). The van der Waals surface area contributed by atoms with Crippen LogP contribution in [0.5, 0.6) is 0 Å². The Hall–Kier alpha value is -0.850. The summed E-state index contributed by atoms with van der Waals surface area (Å²) >= 11 is 0. The monoisotopic (exact) mass is 272 g/mol. The quantitative estimate of drug-likeness (QED) is 0.293. The molecule has 0 fully saturated rings. The summed E-state index contributed by atoms with van der Waals surface area (Å²) < 4.78 is 52.9. The minimum atomic E-state index is -4.08. The summed E-state index contributed by atoms with van der Waals surface area (Å²) in [7, 11) is 0. The SMILES string of the molecule is CC(C)(CCCCOCC(F)(F)C(F)F)C(=N)N. The normalized spacial score (nSPS) is 13.1. The second kappa shape index (κ2) is 6.92. The molecule has 0 bridgehead atoms. The molecule has 18 heavy (non-hydrogen) atoms. The first-order valence-corrected chi connectivity index (χ1v) is 5.68. The van der Waals surface area contributed by atoms with Crippen LogP contribution in [0, 0.1) is 10.8 Å². The van der Waals surface area contributed by atoms with E-state index < -0.39 is 24.4 Å². The van der Waals surface area contributed by atoms with Crippen LogP contribution in [0.2, 0.25) is 0 Å². The zero-order chi connectivity index (χ0) is 14.4. The van der Waals surface area contributed by atoms with Crippen LogP contribution in [0.15, 0.2) is 0 Å². The van der Waals surface area contributed by atoms with E-state index in [9.17, 15) is 17.6 Å². The molecule has 0 aliphatic carbocycles. The van der Waals surface area contributed by atoms with Gasteiger partial charge in [0.2, 0.25) is 0 Å². The third-order valence-electron chi connectivity index (χ3n) is 2.68. The van der Waals surface area contributed by atoms with Crippen molar-refractivity contribution in [3.8, 4) is 0 Å². The van der Waals surface area contributed by atoms with Gasteiger partial charge in [0.25, 0.3) is 0 Å². The molecule has 0 aliphatic rings. The van der Waals surface area contributed by atoms with E-state index in [1.165, 1.54) is 0 Å². The predicted molar refractivity (Wildman–Crippen MR) is 61.3 cm³/mol.